The van der Waals surface area contributed by atoms with Crippen molar-refractivity contribution in [2.24, 2.45) is 5.41 Å². The van der Waals surface area contributed by atoms with E-state index in [2.05, 4.69) is 36.4 Å². The number of carboxylic acids is 1. The number of aromatic nitrogens is 3. The predicted molar refractivity (Wildman–Crippen MR) is 84.1 cm³/mol. The molecule has 0 aliphatic carbocycles. The van der Waals surface area contributed by atoms with Crippen LogP contribution in [0.3, 0.4) is 0 Å². The van der Waals surface area contributed by atoms with Gasteiger partial charge in [0, 0.05) is 6.54 Å². The summed E-state index contributed by atoms with van der Waals surface area (Å²) in [7, 11) is 0. The first-order chi connectivity index (χ1) is 10.4. The van der Waals surface area contributed by atoms with Crippen LogP contribution in [0.4, 0.5) is 4.79 Å². The first-order valence-electron chi connectivity index (χ1n) is 7.51. The maximum atomic E-state index is 11.7. The highest BCUT2D eigenvalue weighted by Crippen LogP contribution is 2.20. The van der Waals surface area contributed by atoms with Crippen molar-refractivity contribution in [1.29, 1.82) is 0 Å². The third-order valence-electron chi connectivity index (χ3n) is 2.91. The molecule has 0 fully saturated rings. The summed E-state index contributed by atoms with van der Waals surface area (Å²) < 4.78 is 6.66. The van der Waals surface area contributed by atoms with Crippen LogP contribution < -0.4 is 5.32 Å². The van der Waals surface area contributed by atoms with Gasteiger partial charge in [0.05, 0.1) is 12.2 Å². The fourth-order valence-electron chi connectivity index (χ4n) is 1.76. The van der Waals surface area contributed by atoms with Crippen molar-refractivity contribution in [3.05, 3.63) is 11.4 Å². The van der Waals surface area contributed by atoms with Crippen molar-refractivity contribution in [3.63, 3.8) is 0 Å². The zero-order valence-corrected chi connectivity index (χ0v) is 14.6. The van der Waals surface area contributed by atoms with E-state index < -0.39 is 17.7 Å². The second-order valence-electron chi connectivity index (χ2n) is 7.58. The molecule has 2 N–H and O–H groups in total. The standard InChI is InChI=1S/C15H26N4O4/c1-14(2,3)7-8-19-10(11(12(20)21)17-18-19)9-16-13(22)23-15(4,5)6/h7-9H2,1-6H3,(H,16,22)(H,20,21). The number of carboxylic acid groups (broad SMARTS) is 1. The Morgan fingerprint density at radius 3 is 2.30 bits per heavy atom. The number of rotatable bonds is 5. The average Bonchev–Trinajstić information content (AvgIpc) is 2.73. The number of carbonyl (C=O) groups excluding carboxylic acids is 1. The van der Waals surface area contributed by atoms with Gasteiger partial charge in [-0.2, -0.15) is 0 Å². The maximum absolute atomic E-state index is 11.7. The Kier molecular flexibility index (Phi) is 5.74. The molecule has 0 aromatic carbocycles. The number of aromatic carboxylic acids is 1. The van der Waals surface area contributed by atoms with Crippen molar-refractivity contribution in [1.82, 2.24) is 20.3 Å². The highest BCUT2D eigenvalue weighted by Gasteiger charge is 2.22. The van der Waals surface area contributed by atoms with Crippen molar-refractivity contribution in [3.8, 4) is 0 Å². The van der Waals surface area contributed by atoms with Gasteiger partial charge in [-0.25, -0.2) is 14.3 Å². The molecule has 0 saturated carbocycles. The highest BCUT2D eigenvalue weighted by molar-refractivity contribution is 5.86. The van der Waals surface area contributed by atoms with Crippen LogP contribution in [0.15, 0.2) is 0 Å². The normalized spacial score (nSPS) is 12.1. The maximum Gasteiger partial charge on any atom is 0.407 e. The number of carbonyl (C=O) groups is 2. The third kappa shape index (κ3) is 6.66. The van der Waals surface area contributed by atoms with Gasteiger partial charge in [0.2, 0.25) is 0 Å². The summed E-state index contributed by atoms with van der Waals surface area (Å²) in [6.45, 7) is 12.0. The molecule has 1 rings (SSSR count). The van der Waals surface area contributed by atoms with Crippen molar-refractivity contribution < 1.29 is 19.4 Å². The van der Waals surface area contributed by atoms with Gasteiger partial charge in [-0.15, -0.1) is 5.10 Å². The number of ether oxygens (including phenoxy) is 1. The van der Waals surface area contributed by atoms with Crippen LogP contribution in [-0.4, -0.2) is 37.8 Å². The van der Waals surface area contributed by atoms with Crippen molar-refractivity contribution >= 4 is 12.1 Å². The van der Waals surface area contributed by atoms with Crippen molar-refractivity contribution in [2.75, 3.05) is 0 Å². The van der Waals surface area contributed by atoms with Gasteiger partial charge in [-0.05, 0) is 32.6 Å². The van der Waals surface area contributed by atoms with Gasteiger partial charge < -0.3 is 15.2 Å². The second-order valence-corrected chi connectivity index (χ2v) is 7.58. The molecule has 0 aliphatic rings. The molecule has 1 heterocycles. The molecule has 0 saturated heterocycles. The lowest BCUT2D eigenvalue weighted by molar-refractivity contribution is 0.0519. The fourth-order valence-corrected chi connectivity index (χ4v) is 1.76. The lowest BCUT2D eigenvalue weighted by Crippen LogP contribution is -2.33. The van der Waals surface area contributed by atoms with Crippen LogP contribution in [0, 0.1) is 5.41 Å². The average molecular weight is 326 g/mol. The third-order valence-corrected chi connectivity index (χ3v) is 2.91. The van der Waals surface area contributed by atoms with Gasteiger partial charge in [-0.1, -0.05) is 26.0 Å². The van der Waals surface area contributed by atoms with Crippen LogP contribution in [-0.2, 0) is 17.8 Å². The zero-order chi connectivity index (χ0) is 17.8. The van der Waals surface area contributed by atoms with Crippen LogP contribution in [0.1, 0.15) is 64.1 Å². The molecule has 130 valence electrons. The van der Waals surface area contributed by atoms with Gasteiger partial charge >= 0.3 is 12.1 Å². The molecule has 0 spiro atoms. The monoisotopic (exact) mass is 326 g/mol. The number of nitrogens with zero attached hydrogens (tertiary/aromatic N) is 3. The Bertz CT molecular complexity index is 567. The summed E-state index contributed by atoms with van der Waals surface area (Å²) in [6.07, 6.45) is 0.187. The van der Waals surface area contributed by atoms with Crippen LogP contribution in [0.25, 0.3) is 0 Å². The first-order valence-corrected chi connectivity index (χ1v) is 7.51. The van der Waals surface area contributed by atoms with Crippen LogP contribution in [0.5, 0.6) is 0 Å². The molecular weight excluding hydrogens is 300 g/mol. The lowest BCUT2D eigenvalue weighted by Gasteiger charge is -2.20. The number of amides is 1. The van der Waals surface area contributed by atoms with Crippen LogP contribution >= 0.6 is 0 Å². The Morgan fingerprint density at radius 2 is 1.83 bits per heavy atom. The number of hydrogen-bond acceptors (Lipinski definition) is 5. The molecule has 1 aromatic rings. The van der Waals surface area contributed by atoms with E-state index in [-0.39, 0.29) is 17.7 Å². The quantitative estimate of drug-likeness (QED) is 0.860. The van der Waals surface area contributed by atoms with E-state index in [1.54, 1.807) is 20.8 Å². The Hall–Kier alpha value is -2.12. The molecule has 0 atom stereocenters. The SMILES string of the molecule is CC(C)(C)CCn1nnc(C(=O)O)c1CNC(=O)OC(C)(C)C. The highest BCUT2D eigenvalue weighted by atomic mass is 16.6. The predicted octanol–water partition coefficient (Wildman–Crippen LogP) is 2.44. The smallest absolute Gasteiger partial charge is 0.407 e. The van der Waals surface area contributed by atoms with Gasteiger partial charge in [0.15, 0.2) is 5.69 Å². The summed E-state index contributed by atoms with van der Waals surface area (Å²) in [4.78, 5) is 23.0. The molecule has 0 unspecified atom stereocenters. The molecule has 8 nitrogen and oxygen atoms in total. The van der Waals surface area contributed by atoms with E-state index >= 15 is 0 Å². The molecule has 23 heavy (non-hydrogen) atoms. The van der Waals surface area contributed by atoms with E-state index in [0.29, 0.717) is 12.2 Å². The minimum absolute atomic E-state index is 0.00626. The molecule has 1 aromatic heterocycles. The topological polar surface area (TPSA) is 106 Å². The van der Waals surface area contributed by atoms with Gasteiger partial charge in [0.25, 0.3) is 0 Å². The summed E-state index contributed by atoms with van der Waals surface area (Å²) >= 11 is 0. The number of alkyl carbamates (subject to hydrolysis) is 1. The van der Waals surface area contributed by atoms with E-state index in [1.807, 2.05) is 0 Å². The minimum Gasteiger partial charge on any atom is -0.476 e. The summed E-state index contributed by atoms with van der Waals surface area (Å²) in [5.74, 6) is -1.17. The van der Waals surface area contributed by atoms with Gasteiger partial charge in [0.1, 0.15) is 5.60 Å². The zero-order valence-electron chi connectivity index (χ0n) is 14.6. The van der Waals surface area contributed by atoms with Gasteiger partial charge in [-0.3, -0.25) is 0 Å². The molecule has 0 bridgehead atoms. The minimum atomic E-state index is -1.17. The van der Waals surface area contributed by atoms with E-state index in [4.69, 9.17) is 4.74 Å². The second kappa shape index (κ2) is 6.97. The molecule has 1 amide bonds. The number of hydrogen-bond donors (Lipinski definition) is 2. The fraction of sp³-hybridized carbons (Fsp3) is 0.733. The Balaban J connectivity index is 2.83. The summed E-state index contributed by atoms with van der Waals surface area (Å²) in [5.41, 5.74) is -0.349. The molecule has 0 aliphatic heterocycles. The molecule has 8 heteroatoms. The largest absolute Gasteiger partial charge is 0.476 e. The van der Waals surface area contributed by atoms with Crippen LogP contribution in [0.2, 0.25) is 0 Å². The summed E-state index contributed by atoms with van der Waals surface area (Å²) in [5, 5.41) is 19.3. The molecule has 0 radical (unpaired) electrons. The van der Waals surface area contributed by atoms with E-state index in [0.717, 1.165) is 6.42 Å². The van der Waals surface area contributed by atoms with E-state index in [9.17, 15) is 14.7 Å². The summed E-state index contributed by atoms with van der Waals surface area (Å²) in [6, 6.07) is 0. The van der Waals surface area contributed by atoms with Crippen molar-refractivity contribution in [2.45, 2.75) is 66.7 Å². The molecular formula is C15H26N4O4. The number of aryl methyl sites for hydroxylation is 1. The number of nitrogens with one attached hydrogen (secondary N) is 1. The Labute approximate surface area is 136 Å². The lowest BCUT2D eigenvalue weighted by atomic mass is 9.92. The Morgan fingerprint density at radius 1 is 1.22 bits per heavy atom. The van der Waals surface area contributed by atoms with E-state index in [1.165, 1.54) is 4.68 Å². The first kappa shape index (κ1) is 18.9.